The van der Waals surface area contributed by atoms with Crippen LogP contribution in [0.1, 0.15) is 39.3 Å². The number of aliphatic hydroxyl groups is 1. The molecule has 0 radical (unpaired) electrons. The first-order valence-corrected chi connectivity index (χ1v) is 10.8. The number of imidazole rings is 1. The summed E-state index contributed by atoms with van der Waals surface area (Å²) in [5, 5.41) is 17.7. The van der Waals surface area contributed by atoms with Gasteiger partial charge in [-0.1, -0.05) is 5.92 Å². The van der Waals surface area contributed by atoms with E-state index in [0.717, 1.165) is 25.0 Å². The van der Waals surface area contributed by atoms with Gasteiger partial charge in [-0.15, -0.1) is 24.8 Å². The molecule has 10 nitrogen and oxygen atoms in total. The molecule has 4 rings (SSSR count). The van der Waals surface area contributed by atoms with Crippen molar-refractivity contribution >= 4 is 41.7 Å². The van der Waals surface area contributed by atoms with Gasteiger partial charge in [0.15, 0.2) is 23.1 Å². The first kappa shape index (κ1) is 27.7. The number of piperidine rings is 1. The van der Waals surface area contributed by atoms with Crippen molar-refractivity contribution in [3.8, 4) is 29.1 Å². The molecule has 0 unspecified atom stereocenters. The Morgan fingerprint density at radius 3 is 2.71 bits per heavy atom. The first-order chi connectivity index (χ1) is 15.3. The van der Waals surface area contributed by atoms with Gasteiger partial charge in [0.05, 0.1) is 12.8 Å². The minimum absolute atomic E-state index is 0. The predicted octanol–water partition coefficient (Wildman–Crippen LogP) is 2.77. The summed E-state index contributed by atoms with van der Waals surface area (Å²) in [6.07, 6.45) is 3.97. The van der Waals surface area contributed by atoms with Gasteiger partial charge < -0.3 is 25.0 Å². The molecule has 3 aromatic rings. The van der Waals surface area contributed by atoms with E-state index in [0.29, 0.717) is 47.5 Å². The molecule has 1 atom stereocenters. The van der Waals surface area contributed by atoms with E-state index in [1.165, 1.54) is 6.42 Å². The minimum Gasteiger partial charge on any atom is -0.489 e. The van der Waals surface area contributed by atoms with Crippen LogP contribution < -0.4 is 10.5 Å². The van der Waals surface area contributed by atoms with Crippen LogP contribution in [0.3, 0.4) is 0 Å². The molecule has 0 amide bonds. The van der Waals surface area contributed by atoms with Gasteiger partial charge in [-0.25, -0.2) is 14.6 Å². The second-order valence-electron chi connectivity index (χ2n) is 8.74. The maximum Gasteiger partial charge on any atom is 0.199 e. The number of fused-ring (bicyclic) bond motifs is 1. The van der Waals surface area contributed by atoms with Crippen LogP contribution in [0.5, 0.6) is 5.75 Å². The summed E-state index contributed by atoms with van der Waals surface area (Å²) in [6, 6.07) is 0. The van der Waals surface area contributed by atoms with Crippen LogP contribution in [0.15, 0.2) is 10.8 Å². The van der Waals surface area contributed by atoms with E-state index in [1.54, 1.807) is 20.0 Å². The van der Waals surface area contributed by atoms with Crippen molar-refractivity contribution in [2.24, 2.45) is 5.92 Å². The van der Waals surface area contributed by atoms with E-state index in [4.69, 9.17) is 20.1 Å². The Hall–Kier alpha value is -2.58. The monoisotopic (exact) mass is 511 g/mol. The quantitative estimate of drug-likeness (QED) is 0.496. The molecule has 1 aliphatic rings. The van der Waals surface area contributed by atoms with Crippen molar-refractivity contribution in [2.75, 3.05) is 32.5 Å². The van der Waals surface area contributed by atoms with Crippen LogP contribution >= 0.6 is 24.8 Å². The zero-order valence-electron chi connectivity index (χ0n) is 19.7. The zero-order chi connectivity index (χ0) is 22.9. The number of ether oxygens (including phenoxy) is 1. The van der Waals surface area contributed by atoms with E-state index in [9.17, 15) is 5.11 Å². The topological polar surface area (TPSA) is 128 Å². The summed E-state index contributed by atoms with van der Waals surface area (Å²) in [7, 11) is 2.14. The number of aryl methyl sites for hydroxylation is 1. The SMILES string of the molecule is CCn1c(-c2nonc2N)nc2c(C#CC(C)(C)O)ncc(OC[C@H]3CCCN(C)C3)c21.Cl.Cl. The number of halogens is 2. The Balaban J connectivity index is 0.00000204. The van der Waals surface area contributed by atoms with Crippen LogP contribution in [0.4, 0.5) is 5.82 Å². The van der Waals surface area contributed by atoms with E-state index < -0.39 is 5.60 Å². The predicted molar refractivity (Wildman–Crippen MR) is 134 cm³/mol. The van der Waals surface area contributed by atoms with Crippen LogP contribution in [0.25, 0.3) is 22.6 Å². The number of hydrogen-bond acceptors (Lipinski definition) is 9. The van der Waals surface area contributed by atoms with Crippen LogP contribution in [0, 0.1) is 17.8 Å². The number of hydrogen-bond donors (Lipinski definition) is 2. The molecule has 1 saturated heterocycles. The van der Waals surface area contributed by atoms with Crippen molar-refractivity contribution in [1.82, 2.24) is 29.7 Å². The molecule has 0 aliphatic carbocycles. The van der Waals surface area contributed by atoms with E-state index in [-0.39, 0.29) is 30.6 Å². The molecule has 4 heterocycles. The maximum atomic E-state index is 10.0. The van der Waals surface area contributed by atoms with Gasteiger partial charge in [0.2, 0.25) is 0 Å². The van der Waals surface area contributed by atoms with Gasteiger partial charge >= 0.3 is 0 Å². The molecule has 0 saturated carbocycles. The van der Waals surface area contributed by atoms with Gasteiger partial charge in [0, 0.05) is 19.0 Å². The van der Waals surface area contributed by atoms with Gasteiger partial charge in [-0.05, 0) is 63.4 Å². The number of nitrogen functional groups attached to an aromatic ring is 1. The standard InChI is InChI=1S/C22H29N7O3.2ClH/c1-5-29-19-16(31-13-14-7-6-10-28(4)12-14)11-24-15(8-9-22(2,3)30)17(19)25-21(29)18-20(23)27-32-26-18;;/h11,14,30H,5-7,10,12-13H2,1-4H3,(H2,23,27);2*1H/t14-;;/m0../s1. The highest BCUT2D eigenvalue weighted by Gasteiger charge is 2.24. The number of likely N-dealkylation sites (tertiary alicyclic amines) is 1. The number of nitrogens with two attached hydrogens (primary N) is 1. The fourth-order valence-corrected chi connectivity index (χ4v) is 3.98. The highest BCUT2D eigenvalue weighted by molar-refractivity contribution is 5.89. The Labute approximate surface area is 211 Å². The number of anilines is 1. The lowest BCUT2D eigenvalue weighted by Gasteiger charge is -2.29. The molecule has 3 aromatic heterocycles. The summed E-state index contributed by atoms with van der Waals surface area (Å²) in [6.45, 7) is 8.54. The highest BCUT2D eigenvalue weighted by atomic mass is 35.5. The second-order valence-corrected chi connectivity index (χ2v) is 8.74. The fraction of sp³-hybridized carbons (Fsp3) is 0.545. The van der Waals surface area contributed by atoms with Gasteiger partial charge in [0.25, 0.3) is 0 Å². The minimum atomic E-state index is -1.16. The molecular weight excluding hydrogens is 481 g/mol. The maximum absolute atomic E-state index is 10.0. The van der Waals surface area contributed by atoms with Crippen LogP contribution in [0.2, 0.25) is 0 Å². The summed E-state index contributed by atoms with van der Waals surface area (Å²) >= 11 is 0. The molecule has 0 aromatic carbocycles. The van der Waals surface area contributed by atoms with Gasteiger partial charge in [-0.2, -0.15) is 0 Å². The molecular formula is C22H31Cl2N7O3. The number of nitrogens with zero attached hydrogens (tertiary/aromatic N) is 6. The van der Waals surface area contributed by atoms with E-state index in [1.807, 2.05) is 11.5 Å². The fourth-order valence-electron chi connectivity index (χ4n) is 3.98. The Morgan fingerprint density at radius 1 is 1.32 bits per heavy atom. The Morgan fingerprint density at radius 2 is 2.09 bits per heavy atom. The summed E-state index contributed by atoms with van der Waals surface area (Å²) in [4.78, 5) is 11.6. The molecule has 0 spiro atoms. The molecule has 12 heteroatoms. The average molecular weight is 512 g/mol. The lowest BCUT2D eigenvalue weighted by atomic mass is 10.00. The third-order valence-electron chi connectivity index (χ3n) is 5.46. The van der Waals surface area contributed by atoms with Gasteiger partial charge in [-0.3, -0.25) is 0 Å². The van der Waals surface area contributed by atoms with E-state index in [2.05, 4.69) is 39.1 Å². The Bertz CT molecular complexity index is 1180. The lowest BCUT2D eigenvalue weighted by molar-refractivity contribution is 0.143. The Kier molecular flexibility index (Phi) is 9.14. The van der Waals surface area contributed by atoms with Crippen LogP contribution in [-0.2, 0) is 6.54 Å². The molecule has 1 aliphatic heterocycles. The van der Waals surface area contributed by atoms with Crippen molar-refractivity contribution in [3.63, 3.8) is 0 Å². The van der Waals surface area contributed by atoms with Gasteiger partial charge in [0.1, 0.15) is 22.3 Å². The number of aromatic nitrogens is 5. The number of rotatable bonds is 5. The average Bonchev–Trinajstić information content (AvgIpc) is 3.33. The van der Waals surface area contributed by atoms with E-state index >= 15 is 0 Å². The van der Waals surface area contributed by atoms with Crippen molar-refractivity contribution in [1.29, 1.82) is 0 Å². The lowest BCUT2D eigenvalue weighted by Crippen LogP contribution is -2.34. The first-order valence-electron chi connectivity index (χ1n) is 10.8. The van der Waals surface area contributed by atoms with Crippen LogP contribution in [-0.4, -0.2) is 67.2 Å². The summed E-state index contributed by atoms with van der Waals surface area (Å²) in [5.41, 5.74) is 6.89. The highest BCUT2D eigenvalue weighted by Crippen LogP contribution is 2.33. The zero-order valence-corrected chi connectivity index (χ0v) is 21.4. The smallest absolute Gasteiger partial charge is 0.199 e. The molecule has 3 N–H and O–H groups in total. The molecule has 34 heavy (non-hydrogen) atoms. The van der Waals surface area contributed by atoms with Crippen molar-refractivity contribution < 1.29 is 14.5 Å². The summed E-state index contributed by atoms with van der Waals surface area (Å²) < 4.78 is 13.0. The largest absolute Gasteiger partial charge is 0.489 e. The molecule has 1 fully saturated rings. The van der Waals surface area contributed by atoms with Crippen molar-refractivity contribution in [3.05, 3.63) is 11.9 Å². The third-order valence-corrected chi connectivity index (χ3v) is 5.46. The third kappa shape index (κ3) is 5.91. The molecule has 186 valence electrons. The van der Waals surface area contributed by atoms with Crippen molar-refractivity contribution in [2.45, 2.75) is 45.8 Å². The number of pyridine rings is 1. The summed E-state index contributed by atoms with van der Waals surface area (Å²) in [5.74, 6) is 7.49. The second kappa shape index (κ2) is 11.2. The normalized spacial score (nSPS) is 16.3. The molecule has 0 bridgehead atoms.